The van der Waals surface area contributed by atoms with Crippen molar-refractivity contribution in [2.24, 2.45) is 0 Å². The summed E-state index contributed by atoms with van der Waals surface area (Å²) in [7, 11) is -4.67. The molecule has 0 aromatic rings. The van der Waals surface area contributed by atoms with Crippen molar-refractivity contribution >= 4 is 40.0 Å². The van der Waals surface area contributed by atoms with Gasteiger partial charge in [-0.3, -0.25) is 9.11 Å². The molecule has 0 aliphatic rings. The third-order valence-electron chi connectivity index (χ3n) is 0. The van der Waals surface area contributed by atoms with Gasteiger partial charge in [-0.1, -0.05) is 0 Å². The van der Waals surface area contributed by atoms with E-state index in [9.17, 15) is 0 Å². The molecule has 0 spiro atoms. The van der Waals surface area contributed by atoms with Crippen molar-refractivity contribution in [1.29, 1.82) is 0 Å². The van der Waals surface area contributed by atoms with Gasteiger partial charge in [0.05, 0.1) is 0 Å². The number of hydrogen-bond acceptors (Lipinski definition) is 2. The molecule has 0 aliphatic carbocycles. The van der Waals surface area contributed by atoms with Crippen LogP contribution in [0.2, 0.25) is 0 Å². The Morgan fingerprint density at radius 1 is 1.14 bits per heavy atom. The minimum atomic E-state index is -4.67. The molecule has 7 heteroatoms. The second-order valence-corrected chi connectivity index (χ2v) is 1.34. The summed E-state index contributed by atoms with van der Waals surface area (Å²) in [6, 6.07) is 0. The van der Waals surface area contributed by atoms with Crippen LogP contribution < -0.4 is 0 Å². The minimum Gasteiger partial charge on any atom is -0.264 e. The average molecular weight is 177 g/mol. The van der Waals surface area contributed by atoms with Crippen LogP contribution in [-0.2, 0) is 27.5 Å². The second kappa shape index (κ2) is 5.52. The number of hydrogen-bond donors (Lipinski definition) is 2. The van der Waals surface area contributed by atoms with Crippen molar-refractivity contribution in [2.75, 3.05) is 0 Å². The first kappa shape index (κ1) is 15.8. The Labute approximate surface area is 74.0 Å². The van der Waals surface area contributed by atoms with Gasteiger partial charge in [0.1, 0.15) is 0 Å². The zero-order valence-corrected chi connectivity index (χ0v) is 7.39. The molecule has 0 saturated carbocycles. The second-order valence-electron chi connectivity index (χ2n) is 0.448. The third kappa shape index (κ3) is 111. The van der Waals surface area contributed by atoms with E-state index < -0.39 is 10.4 Å². The predicted octanol–water partition coefficient (Wildman–Crippen LogP) is -1.04. The van der Waals surface area contributed by atoms with Crippen LogP contribution >= 0.6 is 0 Å². The fraction of sp³-hybridized carbons (Fsp3) is 0. The third-order valence-corrected chi connectivity index (χ3v) is 0. The summed E-state index contributed by atoms with van der Waals surface area (Å²) in [5.41, 5.74) is 0. The molecule has 0 aromatic heterocycles. The summed E-state index contributed by atoms with van der Waals surface area (Å²) in [6.45, 7) is 0. The maximum absolute atomic E-state index is 8.74. The van der Waals surface area contributed by atoms with Crippen molar-refractivity contribution in [3.05, 3.63) is 0 Å². The van der Waals surface area contributed by atoms with E-state index >= 15 is 0 Å². The molecule has 0 rings (SSSR count). The summed E-state index contributed by atoms with van der Waals surface area (Å²) in [5, 5.41) is 0. The molecule has 2 N–H and O–H groups in total. The molecule has 4 nitrogen and oxygen atoms in total. The fourth-order valence-electron chi connectivity index (χ4n) is 0. The van der Waals surface area contributed by atoms with E-state index in [1.807, 2.05) is 0 Å². The first-order valence-electron chi connectivity index (χ1n) is 0.698. The SMILES string of the molecule is O=S(=O)(O)O.[Fe].[Na]. The largest absolute Gasteiger partial charge is 0.394 e. The zero-order valence-electron chi connectivity index (χ0n) is 3.47. The first-order valence-corrected chi connectivity index (χ1v) is 2.10. The normalized spacial score (nSPS) is 8.29. The van der Waals surface area contributed by atoms with E-state index in [-0.39, 0.29) is 46.6 Å². The molecule has 0 aliphatic heterocycles. The van der Waals surface area contributed by atoms with E-state index in [0.717, 1.165) is 0 Å². The standard InChI is InChI=1S/Fe.Na.H2O4S/c;;1-5(2,3)4/h;;(H2,1,2,3,4). The maximum atomic E-state index is 8.74. The van der Waals surface area contributed by atoms with Gasteiger partial charge in [0.2, 0.25) is 0 Å². The Bertz CT molecular complexity index is 94.9. The summed E-state index contributed by atoms with van der Waals surface area (Å²) in [4.78, 5) is 0. The van der Waals surface area contributed by atoms with Crippen LogP contribution in [0.1, 0.15) is 0 Å². The van der Waals surface area contributed by atoms with E-state index in [2.05, 4.69) is 0 Å². The average Bonchev–Trinajstić information content (AvgIpc) is 0.722. The van der Waals surface area contributed by atoms with Crippen molar-refractivity contribution < 1.29 is 34.6 Å². The van der Waals surface area contributed by atoms with Gasteiger partial charge >= 0.3 is 10.4 Å². The van der Waals surface area contributed by atoms with Gasteiger partial charge in [-0.05, 0) is 0 Å². The summed E-state index contributed by atoms with van der Waals surface area (Å²) < 4.78 is 31.6. The van der Waals surface area contributed by atoms with E-state index in [4.69, 9.17) is 17.5 Å². The maximum Gasteiger partial charge on any atom is 0.394 e. The van der Waals surface area contributed by atoms with E-state index in [0.29, 0.717) is 0 Å². The minimum absolute atomic E-state index is 0. The monoisotopic (exact) mass is 177 g/mol. The van der Waals surface area contributed by atoms with Crippen molar-refractivity contribution in [3.63, 3.8) is 0 Å². The summed E-state index contributed by atoms with van der Waals surface area (Å²) in [5.74, 6) is 0. The fourth-order valence-corrected chi connectivity index (χ4v) is 0. The van der Waals surface area contributed by atoms with Crippen LogP contribution in [0, 0.1) is 0 Å². The van der Waals surface area contributed by atoms with Gasteiger partial charge in [0.25, 0.3) is 0 Å². The van der Waals surface area contributed by atoms with Crippen LogP contribution in [-0.4, -0.2) is 47.1 Å². The number of rotatable bonds is 0. The molecule has 0 saturated heterocycles. The van der Waals surface area contributed by atoms with Crippen LogP contribution in [0.3, 0.4) is 0 Å². The van der Waals surface area contributed by atoms with Crippen LogP contribution in [0.25, 0.3) is 0 Å². The molecular weight excluding hydrogens is 175 g/mol. The van der Waals surface area contributed by atoms with Crippen LogP contribution in [0.15, 0.2) is 0 Å². The molecule has 7 heavy (non-hydrogen) atoms. The molecule has 1 radical (unpaired) electrons. The van der Waals surface area contributed by atoms with Gasteiger partial charge in [-0.25, -0.2) is 0 Å². The van der Waals surface area contributed by atoms with Crippen LogP contribution in [0.5, 0.6) is 0 Å². The quantitative estimate of drug-likeness (QED) is 0.366. The van der Waals surface area contributed by atoms with Gasteiger partial charge < -0.3 is 0 Å². The van der Waals surface area contributed by atoms with Gasteiger partial charge in [0.15, 0.2) is 0 Å². The molecule has 0 amide bonds. The van der Waals surface area contributed by atoms with Crippen molar-refractivity contribution in [1.82, 2.24) is 0 Å². The molecule has 0 fully saturated rings. The smallest absolute Gasteiger partial charge is 0.264 e. The molecule has 0 aromatic carbocycles. The predicted molar refractivity (Wildman–Crippen MR) is 19.9 cm³/mol. The van der Waals surface area contributed by atoms with E-state index in [1.54, 1.807) is 0 Å². The molecule has 0 bridgehead atoms. The topological polar surface area (TPSA) is 74.6 Å². The summed E-state index contributed by atoms with van der Waals surface area (Å²) in [6.07, 6.45) is 0. The van der Waals surface area contributed by atoms with Gasteiger partial charge in [0, 0.05) is 46.6 Å². The molecule has 41 valence electrons. The van der Waals surface area contributed by atoms with Crippen LogP contribution in [0.4, 0.5) is 0 Å². The van der Waals surface area contributed by atoms with E-state index in [1.165, 1.54) is 0 Å². The Morgan fingerprint density at radius 2 is 1.14 bits per heavy atom. The Morgan fingerprint density at radius 3 is 1.14 bits per heavy atom. The van der Waals surface area contributed by atoms with Gasteiger partial charge in [-0.2, -0.15) is 8.42 Å². The van der Waals surface area contributed by atoms with Gasteiger partial charge in [-0.15, -0.1) is 0 Å². The molecule has 0 unspecified atom stereocenters. The Hall–Kier alpha value is 1.39. The molecule has 0 atom stereocenters. The molecular formula is H2FeNaO4S. The zero-order chi connectivity index (χ0) is 4.50. The first-order chi connectivity index (χ1) is 2.00. The Balaban J connectivity index is -0.0000000800. The van der Waals surface area contributed by atoms with Crippen molar-refractivity contribution in [2.45, 2.75) is 0 Å². The molecule has 0 heterocycles. The van der Waals surface area contributed by atoms with Crippen molar-refractivity contribution in [3.8, 4) is 0 Å². The summed E-state index contributed by atoms with van der Waals surface area (Å²) >= 11 is 0. The Kier molecular flexibility index (Phi) is 12.4.